The summed E-state index contributed by atoms with van der Waals surface area (Å²) >= 11 is 0. The van der Waals surface area contributed by atoms with Crippen molar-refractivity contribution >= 4 is 22.4 Å². The van der Waals surface area contributed by atoms with Crippen molar-refractivity contribution in [3.05, 3.63) is 70.1 Å². The smallest absolute Gasteiger partial charge is 0.276 e. The van der Waals surface area contributed by atoms with Crippen LogP contribution in [0.25, 0.3) is 10.8 Å². The third kappa shape index (κ3) is 5.02. The van der Waals surface area contributed by atoms with Crippen molar-refractivity contribution < 1.29 is 4.79 Å². The summed E-state index contributed by atoms with van der Waals surface area (Å²) in [5, 5.41) is 8.57. The number of nitrogens with zero attached hydrogens (tertiary/aromatic N) is 3. The maximum atomic E-state index is 13.2. The number of likely N-dealkylation sites (tertiary alicyclic amines) is 1. The van der Waals surface area contributed by atoms with Gasteiger partial charge in [0, 0.05) is 24.2 Å². The minimum absolute atomic E-state index is 0.143. The minimum Gasteiger partial charge on any atom is -0.321 e. The quantitative estimate of drug-likeness (QED) is 0.550. The van der Waals surface area contributed by atoms with Gasteiger partial charge in [-0.2, -0.15) is 5.10 Å². The third-order valence-corrected chi connectivity index (χ3v) is 5.85. The SMILES string of the molecule is CCCCCn1nc(C(=O)Nc2cccc(CN3CCCC3)c2)c2ccccc2c1=O. The van der Waals surface area contributed by atoms with E-state index in [4.69, 9.17) is 0 Å². The Labute approximate surface area is 182 Å². The van der Waals surface area contributed by atoms with E-state index in [-0.39, 0.29) is 17.2 Å². The molecule has 1 amide bonds. The first-order valence-corrected chi connectivity index (χ1v) is 11.3. The van der Waals surface area contributed by atoms with Gasteiger partial charge in [0.15, 0.2) is 5.69 Å². The van der Waals surface area contributed by atoms with Crippen LogP contribution in [-0.2, 0) is 13.1 Å². The van der Waals surface area contributed by atoms with Crippen molar-refractivity contribution in [2.24, 2.45) is 0 Å². The van der Waals surface area contributed by atoms with E-state index < -0.39 is 0 Å². The Balaban J connectivity index is 1.60. The van der Waals surface area contributed by atoms with E-state index in [1.54, 1.807) is 12.1 Å². The summed E-state index contributed by atoms with van der Waals surface area (Å²) in [5.74, 6) is -0.293. The molecule has 162 valence electrons. The number of aromatic nitrogens is 2. The average Bonchev–Trinajstić information content (AvgIpc) is 3.29. The Morgan fingerprint density at radius 1 is 1.03 bits per heavy atom. The summed E-state index contributed by atoms with van der Waals surface area (Å²) in [6.07, 6.45) is 5.45. The second kappa shape index (κ2) is 9.88. The van der Waals surface area contributed by atoms with Crippen molar-refractivity contribution in [2.45, 2.75) is 52.1 Å². The fourth-order valence-corrected chi connectivity index (χ4v) is 4.20. The van der Waals surface area contributed by atoms with Crippen molar-refractivity contribution in [2.75, 3.05) is 18.4 Å². The van der Waals surface area contributed by atoms with E-state index in [0.29, 0.717) is 17.3 Å². The van der Waals surface area contributed by atoms with Gasteiger partial charge in [0.2, 0.25) is 0 Å². The number of amides is 1. The zero-order valence-electron chi connectivity index (χ0n) is 18.1. The van der Waals surface area contributed by atoms with Crippen LogP contribution in [0.15, 0.2) is 53.3 Å². The number of carbonyl (C=O) groups excluding carboxylic acids is 1. The van der Waals surface area contributed by atoms with Gasteiger partial charge in [0.25, 0.3) is 11.5 Å². The third-order valence-electron chi connectivity index (χ3n) is 5.85. The molecule has 1 saturated heterocycles. The Hall–Kier alpha value is -2.99. The summed E-state index contributed by atoms with van der Waals surface area (Å²) in [4.78, 5) is 28.4. The second-order valence-corrected chi connectivity index (χ2v) is 8.27. The maximum Gasteiger partial charge on any atom is 0.276 e. The molecule has 0 spiro atoms. The Bertz CT molecular complexity index is 1120. The molecule has 31 heavy (non-hydrogen) atoms. The van der Waals surface area contributed by atoms with Crippen LogP contribution in [0.5, 0.6) is 0 Å². The molecular formula is C25H30N4O2. The highest BCUT2D eigenvalue weighted by Gasteiger charge is 2.17. The van der Waals surface area contributed by atoms with E-state index in [2.05, 4.69) is 28.3 Å². The molecule has 4 rings (SSSR count). The molecule has 0 atom stereocenters. The van der Waals surface area contributed by atoms with E-state index in [1.807, 2.05) is 30.3 Å². The fourth-order valence-electron chi connectivity index (χ4n) is 4.20. The summed E-state index contributed by atoms with van der Waals surface area (Å²) in [5.41, 5.74) is 2.07. The summed E-state index contributed by atoms with van der Waals surface area (Å²) in [7, 11) is 0. The number of aryl methyl sites for hydroxylation is 1. The fraction of sp³-hybridized carbons (Fsp3) is 0.400. The molecule has 3 aromatic rings. The summed E-state index contributed by atoms with van der Waals surface area (Å²) in [6, 6.07) is 15.2. The van der Waals surface area contributed by atoms with Crippen LogP contribution < -0.4 is 10.9 Å². The van der Waals surface area contributed by atoms with Gasteiger partial charge in [-0.1, -0.05) is 50.1 Å². The lowest BCUT2D eigenvalue weighted by Gasteiger charge is -2.15. The number of fused-ring (bicyclic) bond motifs is 1. The van der Waals surface area contributed by atoms with Gasteiger partial charge in [0.05, 0.1) is 5.39 Å². The predicted octanol–water partition coefficient (Wildman–Crippen LogP) is 4.43. The topological polar surface area (TPSA) is 67.2 Å². The van der Waals surface area contributed by atoms with Crippen LogP contribution in [-0.4, -0.2) is 33.7 Å². The number of anilines is 1. The highest BCUT2D eigenvalue weighted by Crippen LogP contribution is 2.19. The highest BCUT2D eigenvalue weighted by atomic mass is 16.2. The number of carbonyl (C=O) groups is 1. The highest BCUT2D eigenvalue weighted by molar-refractivity contribution is 6.11. The van der Waals surface area contributed by atoms with Gasteiger partial charge in [-0.25, -0.2) is 4.68 Å². The van der Waals surface area contributed by atoms with E-state index >= 15 is 0 Å². The molecular weight excluding hydrogens is 388 g/mol. The average molecular weight is 419 g/mol. The van der Waals surface area contributed by atoms with Crippen LogP contribution in [0.4, 0.5) is 5.69 Å². The number of hydrogen-bond acceptors (Lipinski definition) is 4. The summed E-state index contributed by atoms with van der Waals surface area (Å²) < 4.78 is 1.44. The molecule has 6 heteroatoms. The Morgan fingerprint density at radius 3 is 2.58 bits per heavy atom. The van der Waals surface area contributed by atoms with Gasteiger partial charge in [-0.05, 0) is 56.1 Å². The van der Waals surface area contributed by atoms with E-state index in [1.165, 1.54) is 23.1 Å². The molecule has 2 aromatic carbocycles. The summed E-state index contributed by atoms with van der Waals surface area (Å²) in [6.45, 7) is 5.79. The Morgan fingerprint density at radius 2 is 1.81 bits per heavy atom. The standard InChI is InChI=1S/C25H30N4O2/c1-2-3-6-16-29-25(31)22-13-5-4-12-21(22)23(27-29)24(30)26-20-11-9-10-19(17-20)18-28-14-7-8-15-28/h4-5,9-13,17H,2-3,6-8,14-16,18H2,1H3,(H,26,30). The maximum absolute atomic E-state index is 13.2. The van der Waals surface area contributed by atoms with Crippen molar-refractivity contribution in [1.29, 1.82) is 0 Å². The molecule has 0 aliphatic carbocycles. The number of nitrogens with one attached hydrogen (secondary N) is 1. The first kappa shape index (κ1) is 21.2. The van der Waals surface area contributed by atoms with E-state index in [0.717, 1.165) is 44.6 Å². The molecule has 1 aliphatic rings. The van der Waals surface area contributed by atoms with Gasteiger partial charge < -0.3 is 5.32 Å². The largest absolute Gasteiger partial charge is 0.321 e. The van der Waals surface area contributed by atoms with Crippen LogP contribution in [0.3, 0.4) is 0 Å². The number of hydrogen-bond donors (Lipinski definition) is 1. The first-order chi connectivity index (χ1) is 15.2. The van der Waals surface area contributed by atoms with Crippen LogP contribution in [0, 0.1) is 0 Å². The normalized spacial score (nSPS) is 14.2. The van der Waals surface area contributed by atoms with Crippen LogP contribution in [0.2, 0.25) is 0 Å². The molecule has 0 bridgehead atoms. The molecule has 1 aromatic heterocycles. The Kier molecular flexibility index (Phi) is 6.77. The van der Waals surface area contributed by atoms with E-state index in [9.17, 15) is 9.59 Å². The molecule has 0 unspecified atom stereocenters. The minimum atomic E-state index is -0.293. The monoisotopic (exact) mass is 418 g/mol. The lowest BCUT2D eigenvalue weighted by atomic mass is 10.1. The van der Waals surface area contributed by atoms with Crippen molar-refractivity contribution in [3.63, 3.8) is 0 Å². The molecule has 1 aliphatic heterocycles. The van der Waals surface area contributed by atoms with Crippen molar-refractivity contribution in [3.8, 4) is 0 Å². The lowest BCUT2D eigenvalue weighted by Crippen LogP contribution is -2.27. The molecule has 0 radical (unpaired) electrons. The molecule has 6 nitrogen and oxygen atoms in total. The van der Waals surface area contributed by atoms with Gasteiger partial charge in [-0.3, -0.25) is 14.5 Å². The molecule has 1 N–H and O–H groups in total. The molecule has 2 heterocycles. The van der Waals surface area contributed by atoms with Crippen molar-refractivity contribution in [1.82, 2.24) is 14.7 Å². The molecule has 1 fully saturated rings. The lowest BCUT2D eigenvalue weighted by molar-refractivity contribution is 0.102. The first-order valence-electron chi connectivity index (χ1n) is 11.3. The van der Waals surface area contributed by atoms with Gasteiger partial charge >= 0.3 is 0 Å². The van der Waals surface area contributed by atoms with Crippen LogP contribution in [0.1, 0.15) is 55.1 Å². The number of unbranched alkanes of at least 4 members (excludes halogenated alkanes) is 2. The molecule has 0 saturated carbocycles. The number of rotatable bonds is 8. The zero-order chi connectivity index (χ0) is 21.6. The van der Waals surface area contributed by atoms with Gasteiger partial charge in [-0.15, -0.1) is 0 Å². The van der Waals surface area contributed by atoms with Gasteiger partial charge in [0.1, 0.15) is 0 Å². The van der Waals surface area contributed by atoms with Crippen LogP contribution >= 0.6 is 0 Å². The predicted molar refractivity (Wildman–Crippen MR) is 124 cm³/mol. The second-order valence-electron chi connectivity index (χ2n) is 8.27. The zero-order valence-corrected chi connectivity index (χ0v) is 18.1. The number of benzene rings is 2.